The number of aromatic hydroxyl groups is 1. The standard InChI is InChI=1S/C19H18O5/c1-22-13-6-3-12(4-7-13)5-8-14-11-16(21)18-15(20)9-10-17(23-2)19(18)24-14/h3-4,6-7,9-11,20H,5,8H2,1-2H3. The highest BCUT2D eigenvalue weighted by Crippen LogP contribution is 2.30. The Labute approximate surface area is 139 Å². The van der Waals surface area contributed by atoms with Gasteiger partial charge in [0, 0.05) is 12.5 Å². The molecule has 124 valence electrons. The van der Waals surface area contributed by atoms with Gasteiger partial charge >= 0.3 is 0 Å². The van der Waals surface area contributed by atoms with Crippen LogP contribution in [0.3, 0.4) is 0 Å². The topological polar surface area (TPSA) is 68.9 Å². The number of phenols is 1. The largest absolute Gasteiger partial charge is 0.507 e. The summed E-state index contributed by atoms with van der Waals surface area (Å²) in [5.74, 6) is 1.66. The van der Waals surface area contributed by atoms with E-state index in [1.165, 1.54) is 19.2 Å². The van der Waals surface area contributed by atoms with Crippen molar-refractivity contribution in [2.45, 2.75) is 12.8 Å². The second kappa shape index (κ2) is 6.66. The highest BCUT2D eigenvalue weighted by Gasteiger charge is 2.13. The normalized spacial score (nSPS) is 10.8. The van der Waals surface area contributed by atoms with Crippen molar-refractivity contribution in [3.05, 3.63) is 64.0 Å². The minimum absolute atomic E-state index is 0.110. The molecular weight excluding hydrogens is 308 g/mol. The zero-order valence-electron chi connectivity index (χ0n) is 13.5. The Morgan fingerprint density at radius 1 is 1.00 bits per heavy atom. The highest BCUT2D eigenvalue weighted by molar-refractivity contribution is 5.88. The SMILES string of the molecule is COc1ccc(CCc2cc(=O)c3c(O)ccc(OC)c3o2)cc1. The third kappa shape index (κ3) is 3.06. The summed E-state index contributed by atoms with van der Waals surface area (Å²) in [6, 6.07) is 12.2. The zero-order valence-corrected chi connectivity index (χ0v) is 13.5. The maximum absolute atomic E-state index is 12.3. The van der Waals surface area contributed by atoms with Crippen LogP contribution < -0.4 is 14.9 Å². The van der Waals surface area contributed by atoms with E-state index >= 15 is 0 Å². The molecule has 3 rings (SSSR count). The molecule has 0 aliphatic heterocycles. The van der Waals surface area contributed by atoms with Gasteiger partial charge in [-0.15, -0.1) is 0 Å². The van der Waals surface area contributed by atoms with Gasteiger partial charge in [-0.3, -0.25) is 4.79 Å². The molecule has 0 amide bonds. The Bertz CT molecular complexity index is 909. The Hall–Kier alpha value is -2.95. The fourth-order valence-electron chi connectivity index (χ4n) is 2.62. The molecule has 0 saturated heterocycles. The summed E-state index contributed by atoms with van der Waals surface area (Å²) in [7, 11) is 3.12. The fourth-order valence-corrected chi connectivity index (χ4v) is 2.62. The van der Waals surface area contributed by atoms with Gasteiger partial charge in [0.25, 0.3) is 0 Å². The van der Waals surface area contributed by atoms with Crippen molar-refractivity contribution >= 4 is 11.0 Å². The molecule has 0 atom stereocenters. The van der Waals surface area contributed by atoms with Gasteiger partial charge < -0.3 is 19.0 Å². The van der Waals surface area contributed by atoms with Crippen LogP contribution in [0.25, 0.3) is 11.0 Å². The lowest BCUT2D eigenvalue weighted by Gasteiger charge is -2.08. The first-order valence-electron chi connectivity index (χ1n) is 7.58. The Morgan fingerprint density at radius 3 is 2.42 bits per heavy atom. The van der Waals surface area contributed by atoms with E-state index in [0.29, 0.717) is 17.9 Å². The number of hydrogen-bond donors (Lipinski definition) is 1. The monoisotopic (exact) mass is 326 g/mol. The summed E-state index contributed by atoms with van der Waals surface area (Å²) >= 11 is 0. The molecule has 0 unspecified atom stereocenters. The number of fused-ring (bicyclic) bond motifs is 1. The maximum atomic E-state index is 12.3. The van der Waals surface area contributed by atoms with Crippen LogP contribution in [0.1, 0.15) is 11.3 Å². The van der Waals surface area contributed by atoms with Gasteiger partial charge in [0.15, 0.2) is 16.8 Å². The van der Waals surface area contributed by atoms with Crippen LogP contribution in [0.15, 0.2) is 51.7 Å². The van der Waals surface area contributed by atoms with E-state index in [2.05, 4.69) is 0 Å². The number of methoxy groups -OCH3 is 2. The van der Waals surface area contributed by atoms with E-state index in [0.717, 1.165) is 17.7 Å². The van der Waals surface area contributed by atoms with E-state index in [1.807, 2.05) is 24.3 Å². The van der Waals surface area contributed by atoms with Crippen LogP contribution in [-0.4, -0.2) is 19.3 Å². The molecule has 24 heavy (non-hydrogen) atoms. The molecule has 0 aliphatic carbocycles. The molecule has 0 spiro atoms. The number of rotatable bonds is 5. The van der Waals surface area contributed by atoms with Crippen molar-refractivity contribution in [2.75, 3.05) is 14.2 Å². The second-order valence-electron chi connectivity index (χ2n) is 5.42. The van der Waals surface area contributed by atoms with Gasteiger partial charge in [0.2, 0.25) is 0 Å². The summed E-state index contributed by atoms with van der Waals surface area (Å²) in [4.78, 5) is 12.3. The highest BCUT2D eigenvalue weighted by atomic mass is 16.5. The molecule has 0 aliphatic rings. The summed E-state index contributed by atoms with van der Waals surface area (Å²) in [5.41, 5.74) is 1.11. The van der Waals surface area contributed by atoms with Crippen LogP contribution in [-0.2, 0) is 12.8 Å². The van der Waals surface area contributed by atoms with Crippen molar-refractivity contribution in [1.82, 2.24) is 0 Å². The van der Waals surface area contributed by atoms with Gasteiger partial charge in [-0.1, -0.05) is 12.1 Å². The Morgan fingerprint density at radius 2 is 1.75 bits per heavy atom. The van der Waals surface area contributed by atoms with Crippen LogP contribution in [0, 0.1) is 0 Å². The lowest BCUT2D eigenvalue weighted by Crippen LogP contribution is -2.04. The molecule has 0 radical (unpaired) electrons. The maximum Gasteiger partial charge on any atom is 0.196 e. The number of phenolic OH excluding ortho intramolecular Hbond substituents is 1. The Kier molecular flexibility index (Phi) is 4.42. The van der Waals surface area contributed by atoms with Crippen molar-refractivity contribution in [3.8, 4) is 17.2 Å². The second-order valence-corrected chi connectivity index (χ2v) is 5.42. The molecule has 1 N–H and O–H groups in total. The molecule has 1 heterocycles. The first-order chi connectivity index (χ1) is 11.6. The van der Waals surface area contributed by atoms with Gasteiger partial charge in [-0.05, 0) is 36.2 Å². The quantitative estimate of drug-likeness (QED) is 0.779. The van der Waals surface area contributed by atoms with Crippen molar-refractivity contribution in [3.63, 3.8) is 0 Å². The third-order valence-corrected chi connectivity index (χ3v) is 3.91. The third-order valence-electron chi connectivity index (χ3n) is 3.91. The van der Waals surface area contributed by atoms with Crippen molar-refractivity contribution < 1.29 is 19.0 Å². The summed E-state index contributed by atoms with van der Waals surface area (Å²) in [6.45, 7) is 0. The van der Waals surface area contributed by atoms with Gasteiger partial charge in [0.1, 0.15) is 22.6 Å². The molecule has 1 aromatic heterocycles. The summed E-state index contributed by atoms with van der Waals surface area (Å²) < 4.78 is 16.2. The lowest BCUT2D eigenvalue weighted by atomic mass is 10.1. The molecule has 5 nitrogen and oxygen atoms in total. The predicted molar refractivity (Wildman–Crippen MR) is 91.1 cm³/mol. The minimum Gasteiger partial charge on any atom is -0.507 e. The predicted octanol–water partition coefficient (Wildman–Crippen LogP) is 3.30. The smallest absolute Gasteiger partial charge is 0.196 e. The summed E-state index contributed by atoms with van der Waals surface area (Å²) in [6.07, 6.45) is 1.29. The molecular formula is C19H18O5. The number of hydrogen-bond acceptors (Lipinski definition) is 5. The molecule has 3 aromatic rings. The lowest BCUT2D eigenvalue weighted by molar-refractivity contribution is 0.403. The number of ether oxygens (including phenoxy) is 2. The van der Waals surface area contributed by atoms with Gasteiger partial charge in [-0.25, -0.2) is 0 Å². The van der Waals surface area contributed by atoms with Gasteiger partial charge in [-0.2, -0.15) is 0 Å². The van der Waals surface area contributed by atoms with Gasteiger partial charge in [0.05, 0.1) is 14.2 Å². The fraction of sp³-hybridized carbons (Fsp3) is 0.211. The van der Waals surface area contributed by atoms with Crippen molar-refractivity contribution in [2.24, 2.45) is 0 Å². The first kappa shape index (κ1) is 15.9. The van der Waals surface area contributed by atoms with E-state index in [1.54, 1.807) is 13.2 Å². The van der Waals surface area contributed by atoms with Crippen LogP contribution in [0.5, 0.6) is 17.2 Å². The number of benzene rings is 2. The molecule has 0 fully saturated rings. The molecule has 2 aromatic carbocycles. The average Bonchev–Trinajstić information content (AvgIpc) is 2.60. The van der Waals surface area contributed by atoms with Crippen LogP contribution in [0.2, 0.25) is 0 Å². The first-order valence-corrected chi connectivity index (χ1v) is 7.58. The van der Waals surface area contributed by atoms with E-state index in [-0.39, 0.29) is 22.1 Å². The van der Waals surface area contributed by atoms with Crippen LogP contribution in [0.4, 0.5) is 0 Å². The Balaban J connectivity index is 1.91. The summed E-state index contributed by atoms with van der Waals surface area (Å²) in [5, 5.41) is 10.0. The zero-order chi connectivity index (χ0) is 17.1. The molecule has 0 saturated carbocycles. The minimum atomic E-state index is -0.280. The number of aryl methyl sites for hydroxylation is 2. The van der Waals surface area contributed by atoms with Crippen molar-refractivity contribution in [1.29, 1.82) is 0 Å². The molecule has 0 bridgehead atoms. The van der Waals surface area contributed by atoms with E-state index in [9.17, 15) is 9.90 Å². The van der Waals surface area contributed by atoms with E-state index in [4.69, 9.17) is 13.9 Å². The molecule has 5 heteroatoms. The van der Waals surface area contributed by atoms with Crippen LogP contribution >= 0.6 is 0 Å². The average molecular weight is 326 g/mol. The van der Waals surface area contributed by atoms with E-state index < -0.39 is 0 Å².